The third-order valence-corrected chi connectivity index (χ3v) is 14.5. The molecule has 0 radical (unpaired) electrons. The van der Waals surface area contributed by atoms with Gasteiger partial charge in [-0.25, -0.2) is 0 Å². The van der Waals surface area contributed by atoms with Crippen molar-refractivity contribution in [1.29, 1.82) is 0 Å². The molecule has 5 nitrogen and oxygen atoms in total. The highest BCUT2D eigenvalue weighted by Crippen LogP contribution is 2.19. The monoisotopic (exact) mass is 906 g/mol. The minimum atomic E-state index is -1.07. The Morgan fingerprint density at radius 3 is 0.703 bits per heavy atom. The first-order chi connectivity index (χ1) is 31.6. The Morgan fingerprint density at radius 2 is 0.500 bits per heavy atom. The van der Waals surface area contributed by atoms with Crippen molar-refractivity contribution >= 4 is 5.91 Å². The highest BCUT2D eigenvalue weighted by atomic mass is 16.3. The average molecular weight is 907 g/mol. The molecule has 0 spiro atoms. The molecule has 0 saturated carbocycles. The van der Waals surface area contributed by atoms with Crippen LogP contribution in [0.4, 0.5) is 0 Å². The molecule has 5 heteroatoms. The summed E-state index contributed by atoms with van der Waals surface area (Å²) in [7, 11) is 0. The zero-order valence-electron chi connectivity index (χ0n) is 44.0. The van der Waals surface area contributed by atoms with Gasteiger partial charge in [0.25, 0.3) is 0 Å². The first kappa shape index (κ1) is 63.4. The molecule has 0 rings (SSSR count). The summed E-state index contributed by atoms with van der Waals surface area (Å²) in [6.45, 7) is 4.28. The summed E-state index contributed by atoms with van der Waals surface area (Å²) in [5, 5.41) is 33.6. The van der Waals surface area contributed by atoms with Gasteiger partial charge in [0.2, 0.25) is 5.91 Å². The molecule has 3 atom stereocenters. The van der Waals surface area contributed by atoms with Crippen LogP contribution >= 0.6 is 0 Å². The second-order valence-electron chi connectivity index (χ2n) is 20.9. The van der Waals surface area contributed by atoms with E-state index in [2.05, 4.69) is 19.2 Å². The van der Waals surface area contributed by atoms with E-state index in [1.54, 1.807) is 0 Å². The molecule has 0 aromatic carbocycles. The van der Waals surface area contributed by atoms with Crippen molar-refractivity contribution in [3.63, 3.8) is 0 Å². The Hall–Kier alpha value is -0.650. The summed E-state index contributed by atoms with van der Waals surface area (Å²) in [5.74, 6) is -0.461. The van der Waals surface area contributed by atoms with E-state index in [9.17, 15) is 20.1 Å². The molecule has 4 N–H and O–H groups in total. The van der Waals surface area contributed by atoms with E-state index in [0.717, 1.165) is 32.1 Å². The SMILES string of the molecule is CCCCCCCCCCCCCCCCCCCCCCCCCCCCCCCCCCC(O)C(=O)NC(CO)C(O)CCCCCCCCCCCCCCCCCCCC. The maximum atomic E-state index is 12.6. The number of nitrogens with one attached hydrogen (secondary N) is 1. The van der Waals surface area contributed by atoms with Crippen molar-refractivity contribution in [1.82, 2.24) is 5.32 Å². The van der Waals surface area contributed by atoms with Gasteiger partial charge in [0.05, 0.1) is 18.8 Å². The van der Waals surface area contributed by atoms with Crippen LogP contribution in [0.15, 0.2) is 0 Å². The molecule has 384 valence electrons. The summed E-state index contributed by atoms with van der Waals surface area (Å²) >= 11 is 0. The molecule has 0 aromatic rings. The molecule has 0 bridgehead atoms. The molecular weight excluding hydrogens is 787 g/mol. The van der Waals surface area contributed by atoms with E-state index >= 15 is 0 Å². The van der Waals surface area contributed by atoms with Crippen LogP contribution in [0.5, 0.6) is 0 Å². The summed E-state index contributed by atoms with van der Waals surface area (Å²) in [6, 6.07) is -0.707. The fraction of sp³-hybridized carbons (Fsp3) is 0.983. The van der Waals surface area contributed by atoms with Gasteiger partial charge in [0.1, 0.15) is 6.10 Å². The Bertz CT molecular complexity index is 868. The fourth-order valence-electron chi connectivity index (χ4n) is 9.84. The van der Waals surface area contributed by atoms with E-state index in [0.29, 0.717) is 12.8 Å². The normalized spacial score (nSPS) is 13.1. The van der Waals surface area contributed by atoms with Crippen molar-refractivity contribution in [2.45, 2.75) is 366 Å². The van der Waals surface area contributed by atoms with Gasteiger partial charge in [0.15, 0.2) is 0 Å². The van der Waals surface area contributed by atoms with Crippen LogP contribution in [0.2, 0.25) is 0 Å². The van der Waals surface area contributed by atoms with Gasteiger partial charge in [-0.1, -0.05) is 335 Å². The molecule has 0 saturated heterocycles. The highest BCUT2D eigenvalue weighted by molar-refractivity contribution is 5.80. The average Bonchev–Trinajstić information content (AvgIpc) is 3.30. The number of aliphatic hydroxyl groups is 3. The Morgan fingerprint density at radius 1 is 0.312 bits per heavy atom. The molecule has 0 aliphatic rings. The van der Waals surface area contributed by atoms with Crippen LogP contribution in [-0.4, -0.2) is 46.1 Å². The van der Waals surface area contributed by atoms with Gasteiger partial charge in [-0.3, -0.25) is 4.79 Å². The van der Waals surface area contributed by atoms with Crippen LogP contribution in [0, 0.1) is 0 Å². The van der Waals surface area contributed by atoms with E-state index in [-0.39, 0.29) is 6.61 Å². The minimum Gasteiger partial charge on any atom is -0.394 e. The maximum absolute atomic E-state index is 12.6. The predicted molar refractivity (Wildman–Crippen MR) is 282 cm³/mol. The Labute approximate surface area is 402 Å². The van der Waals surface area contributed by atoms with E-state index in [1.165, 1.54) is 289 Å². The highest BCUT2D eigenvalue weighted by Gasteiger charge is 2.23. The molecule has 0 aliphatic heterocycles. The number of hydrogen-bond acceptors (Lipinski definition) is 4. The standard InChI is InChI=1S/C59H119NO4/c1-3-5-7-9-11-13-15-17-19-21-23-24-25-26-27-28-29-30-31-32-33-34-35-36-38-40-42-44-46-48-50-52-54-58(63)59(64)60-56(55-61)57(62)53-51-49-47-45-43-41-39-37-22-20-18-16-14-12-10-8-6-4-2/h56-58,61-63H,3-55H2,1-2H3,(H,60,64). The summed E-state index contributed by atoms with van der Waals surface area (Å²) in [6.07, 6.45) is 67.4. The van der Waals surface area contributed by atoms with Crippen molar-refractivity contribution in [3.8, 4) is 0 Å². The second-order valence-corrected chi connectivity index (χ2v) is 20.9. The van der Waals surface area contributed by atoms with E-state index < -0.39 is 24.2 Å². The Kier molecular flexibility index (Phi) is 54.4. The van der Waals surface area contributed by atoms with Gasteiger partial charge < -0.3 is 20.6 Å². The fourth-order valence-corrected chi connectivity index (χ4v) is 9.84. The zero-order valence-corrected chi connectivity index (χ0v) is 44.0. The first-order valence-electron chi connectivity index (χ1n) is 29.8. The van der Waals surface area contributed by atoms with Crippen LogP contribution in [0.25, 0.3) is 0 Å². The topological polar surface area (TPSA) is 89.8 Å². The molecule has 0 heterocycles. The lowest BCUT2D eigenvalue weighted by Crippen LogP contribution is -2.49. The lowest BCUT2D eigenvalue weighted by molar-refractivity contribution is -0.131. The van der Waals surface area contributed by atoms with Gasteiger partial charge in [-0.05, 0) is 12.8 Å². The minimum absolute atomic E-state index is 0.307. The van der Waals surface area contributed by atoms with Crippen molar-refractivity contribution in [2.24, 2.45) is 0 Å². The quantitative estimate of drug-likeness (QED) is 0.0458. The summed E-state index contributed by atoms with van der Waals surface area (Å²) < 4.78 is 0. The molecule has 1 amide bonds. The number of amides is 1. The van der Waals surface area contributed by atoms with Crippen LogP contribution in [0.1, 0.15) is 348 Å². The number of unbranched alkanes of at least 4 members (excludes halogenated alkanes) is 48. The molecule has 3 unspecified atom stereocenters. The molecular formula is C59H119NO4. The predicted octanol–water partition coefficient (Wildman–Crippen LogP) is 18.5. The number of hydrogen-bond donors (Lipinski definition) is 4. The van der Waals surface area contributed by atoms with Crippen molar-refractivity contribution in [3.05, 3.63) is 0 Å². The largest absolute Gasteiger partial charge is 0.394 e. The number of aliphatic hydroxyl groups excluding tert-OH is 3. The smallest absolute Gasteiger partial charge is 0.249 e. The third kappa shape index (κ3) is 49.3. The number of rotatable bonds is 56. The third-order valence-electron chi connectivity index (χ3n) is 14.5. The van der Waals surface area contributed by atoms with Crippen LogP contribution in [-0.2, 0) is 4.79 Å². The van der Waals surface area contributed by atoms with Gasteiger partial charge in [-0.2, -0.15) is 0 Å². The van der Waals surface area contributed by atoms with E-state index in [1.807, 2.05) is 0 Å². The zero-order chi connectivity index (χ0) is 46.5. The number of carbonyl (C=O) groups is 1. The molecule has 0 fully saturated rings. The lowest BCUT2D eigenvalue weighted by Gasteiger charge is -2.23. The first-order valence-corrected chi connectivity index (χ1v) is 29.8. The second kappa shape index (κ2) is 55.0. The van der Waals surface area contributed by atoms with Crippen molar-refractivity contribution in [2.75, 3.05) is 6.61 Å². The number of carbonyl (C=O) groups excluding carboxylic acids is 1. The van der Waals surface area contributed by atoms with E-state index in [4.69, 9.17) is 0 Å². The van der Waals surface area contributed by atoms with Crippen molar-refractivity contribution < 1.29 is 20.1 Å². The molecule has 0 aromatic heterocycles. The van der Waals surface area contributed by atoms with Gasteiger partial charge in [-0.15, -0.1) is 0 Å². The maximum Gasteiger partial charge on any atom is 0.249 e. The molecule has 0 aliphatic carbocycles. The summed E-state index contributed by atoms with van der Waals surface area (Å²) in [5.41, 5.74) is 0. The Balaban J connectivity index is 3.44. The summed E-state index contributed by atoms with van der Waals surface area (Å²) in [4.78, 5) is 12.6. The lowest BCUT2D eigenvalue weighted by atomic mass is 10.0. The van der Waals surface area contributed by atoms with Crippen LogP contribution < -0.4 is 5.32 Å². The van der Waals surface area contributed by atoms with Crippen LogP contribution in [0.3, 0.4) is 0 Å². The molecule has 64 heavy (non-hydrogen) atoms. The van der Waals surface area contributed by atoms with Gasteiger partial charge in [0, 0.05) is 0 Å². The van der Waals surface area contributed by atoms with Gasteiger partial charge >= 0.3 is 0 Å².